The zero-order chi connectivity index (χ0) is 16.0. The van der Waals surface area contributed by atoms with Crippen molar-refractivity contribution in [1.82, 2.24) is 5.32 Å². The molecule has 0 heterocycles. The molecule has 0 aliphatic rings. The van der Waals surface area contributed by atoms with Gasteiger partial charge in [0.05, 0.1) is 22.0 Å². The number of hydrogen-bond acceptors (Lipinski definition) is 3. The Morgan fingerprint density at radius 1 is 1.29 bits per heavy atom. The molecule has 0 aromatic heterocycles. The molecule has 0 aliphatic heterocycles. The fourth-order valence-corrected chi connectivity index (χ4v) is 3.26. The van der Waals surface area contributed by atoms with Crippen LogP contribution in [0.1, 0.15) is 19.8 Å². The Kier molecular flexibility index (Phi) is 6.77. The Labute approximate surface area is 135 Å². The molecule has 118 valence electrons. The van der Waals surface area contributed by atoms with E-state index in [0.29, 0.717) is 6.54 Å². The molecular weight excluding hydrogens is 335 g/mol. The highest BCUT2D eigenvalue weighted by Gasteiger charge is 2.25. The molecule has 0 unspecified atom stereocenters. The lowest BCUT2D eigenvalue weighted by atomic mass is 10.3. The molecule has 0 saturated carbocycles. The third kappa shape index (κ3) is 5.37. The summed E-state index contributed by atoms with van der Waals surface area (Å²) in [6.07, 6.45) is 2.77. The highest BCUT2D eigenvalue weighted by molar-refractivity contribution is 7.92. The molecule has 0 atom stereocenters. The molecule has 1 rings (SSSR count). The van der Waals surface area contributed by atoms with E-state index in [-0.39, 0.29) is 22.3 Å². The van der Waals surface area contributed by atoms with Crippen LogP contribution >= 0.6 is 23.2 Å². The van der Waals surface area contributed by atoms with Gasteiger partial charge in [0.2, 0.25) is 15.9 Å². The van der Waals surface area contributed by atoms with E-state index in [2.05, 4.69) is 5.32 Å². The number of unbranched alkanes of at least 4 members (excludes halogenated alkanes) is 1. The molecule has 0 radical (unpaired) electrons. The van der Waals surface area contributed by atoms with Gasteiger partial charge in [0.15, 0.2) is 0 Å². The molecule has 21 heavy (non-hydrogen) atoms. The average molecular weight is 353 g/mol. The zero-order valence-corrected chi connectivity index (χ0v) is 14.2. The Hall–Kier alpha value is -0.980. The lowest BCUT2D eigenvalue weighted by molar-refractivity contribution is -0.119. The number of anilines is 1. The van der Waals surface area contributed by atoms with Gasteiger partial charge < -0.3 is 5.32 Å². The van der Waals surface area contributed by atoms with Crippen molar-refractivity contribution in [2.45, 2.75) is 19.8 Å². The van der Waals surface area contributed by atoms with Gasteiger partial charge >= 0.3 is 0 Å². The minimum Gasteiger partial charge on any atom is -0.355 e. The van der Waals surface area contributed by atoms with Crippen molar-refractivity contribution in [1.29, 1.82) is 0 Å². The molecule has 1 aromatic rings. The van der Waals surface area contributed by atoms with E-state index >= 15 is 0 Å². The maximum absolute atomic E-state index is 11.9. The molecular formula is C13H18Cl2N2O3S. The van der Waals surface area contributed by atoms with Crippen LogP contribution in [0.2, 0.25) is 10.0 Å². The van der Waals surface area contributed by atoms with E-state index in [4.69, 9.17) is 23.2 Å². The largest absolute Gasteiger partial charge is 0.355 e. The van der Waals surface area contributed by atoms with E-state index in [1.54, 1.807) is 6.07 Å². The molecule has 1 N–H and O–H groups in total. The lowest BCUT2D eigenvalue weighted by Gasteiger charge is -2.23. The summed E-state index contributed by atoms with van der Waals surface area (Å²) < 4.78 is 24.8. The van der Waals surface area contributed by atoms with Crippen molar-refractivity contribution in [3.05, 3.63) is 28.2 Å². The molecule has 1 aromatic carbocycles. The number of carbonyl (C=O) groups is 1. The van der Waals surface area contributed by atoms with Crippen LogP contribution in [0.4, 0.5) is 5.69 Å². The minimum atomic E-state index is -3.69. The van der Waals surface area contributed by atoms with E-state index in [0.717, 1.165) is 23.4 Å². The van der Waals surface area contributed by atoms with Crippen molar-refractivity contribution >= 4 is 44.8 Å². The fourth-order valence-electron chi connectivity index (χ4n) is 1.68. The predicted octanol–water partition coefficient (Wildman–Crippen LogP) is 2.68. The maximum atomic E-state index is 11.9. The van der Waals surface area contributed by atoms with Gasteiger partial charge in [-0.15, -0.1) is 0 Å². The van der Waals surface area contributed by atoms with Crippen LogP contribution in [0.3, 0.4) is 0 Å². The molecule has 5 nitrogen and oxygen atoms in total. The van der Waals surface area contributed by atoms with E-state index in [9.17, 15) is 13.2 Å². The van der Waals surface area contributed by atoms with Crippen molar-refractivity contribution in [3.63, 3.8) is 0 Å². The van der Waals surface area contributed by atoms with Gasteiger partial charge in [-0.05, 0) is 18.6 Å². The number of nitrogens with one attached hydrogen (secondary N) is 1. The fraction of sp³-hybridized carbons (Fsp3) is 0.462. The third-order valence-corrected chi connectivity index (χ3v) is 4.45. The number of sulfonamides is 1. The quantitative estimate of drug-likeness (QED) is 0.767. The van der Waals surface area contributed by atoms with Gasteiger partial charge in [0.25, 0.3) is 0 Å². The van der Waals surface area contributed by atoms with Gasteiger partial charge in [0, 0.05) is 6.54 Å². The summed E-state index contributed by atoms with van der Waals surface area (Å²) >= 11 is 12.0. The summed E-state index contributed by atoms with van der Waals surface area (Å²) in [5.74, 6) is -0.398. The number of rotatable bonds is 7. The standard InChI is InChI=1S/C13H18Cl2N2O3S/c1-3-4-8-16-12(18)9-17(21(2,19)20)13-10(14)6-5-7-11(13)15/h5-7H,3-4,8-9H2,1-2H3,(H,16,18). The van der Waals surface area contributed by atoms with Gasteiger partial charge in [-0.3, -0.25) is 9.10 Å². The van der Waals surface area contributed by atoms with E-state index in [1.807, 2.05) is 6.92 Å². The highest BCUT2D eigenvalue weighted by atomic mass is 35.5. The summed E-state index contributed by atoms with van der Waals surface area (Å²) in [6, 6.07) is 4.65. The highest BCUT2D eigenvalue weighted by Crippen LogP contribution is 2.34. The van der Waals surface area contributed by atoms with E-state index < -0.39 is 15.9 Å². The van der Waals surface area contributed by atoms with Gasteiger partial charge in [-0.25, -0.2) is 8.42 Å². The molecule has 8 heteroatoms. The molecule has 0 spiro atoms. The predicted molar refractivity (Wildman–Crippen MR) is 86.6 cm³/mol. The maximum Gasteiger partial charge on any atom is 0.240 e. The first-order valence-electron chi connectivity index (χ1n) is 6.45. The normalized spacial score (nSPS) is 11.2. The monoisotopic (exact) mass is 352 g/mol. The van der Waals surface area contributed by atoms with Crippen LogP contribution in [-0.4, -0.2) is 33.7 Å². The van der Waals surface area contributed by atoms with Crippen LogP contribution in [0.15, 0.2) is 18.2 Å². The zero-order valence-electron chi connectivity index (χ0n) is 11.9. The summed E-state index contributed by atoms with van der Waals surface area (Å²) in [4.78, 5) is 11.9. The second kappa shape index (κ2) is 7.87. The second-order valence-corrected chi connectivity index (χ2v) is 7.26. The smallest absolute Gasteiger partial charge is 0.240 e. The summed E-state index contributed by atoms with van der Waals surface area (Å²) in [5, 5.41) is 3.01. The second-order valence-electron chi connectivity index (χ2n) is 4.54. The molecule has 0 fully saturated rings. The van der Waals surface area contributed by atoms with Crippen LogP contribution in [0, 0.1) is 0 Å². The lowest BCUT2D eigenvalue weighted by Crippen LogP contribution is -2.40. The van der Waals surface area contributed by atoms with Crippen molar-refractivity contribution in [2.75, 3.05) is 23.7 Å². The Balaban J connectivity index is 3.01. The van der Waals surface area contributed by atoms with Crippen molar-refractivity contribution < 1.29 is 13.2 Å². The van der Waals surface area contributed by atoms with Crippen molar-refractivity contribution in [2.24, 2.45) is 0 Å². The molecule has 0 saturated heterocycles. The van der Waals surface area contributed by atoms with Crippen LogP contribution in [0.25, 0.3) is 0 Å². The number of halogens is 2. The third-order valence-electron chi connectivity index (χ3n) is 2.73. The van der Waals surface area contributed by atoms with Gasteiger partial charge in [0.1, 0.15) is 6.54 Å². The first-order chi connectivity index (χ1) is 9.77. The van der Waals surface area contributed by atoms with E-state index in [1.165, 1.54) is 12.1 Å². The number of carbonyl (C=O) groups excluding carboxylic acids is 1. The average Bonchev–Trinajstić information content (AvgIpc) is 2.36. The Bertz CT molecular complexity index is 585. The number of hydrogen-bond donors (Lipinski definition) is 1. The number of para-hydroxylation sites is 1. The molecule has 0 aliphatic carbocycles. The number of benzene rings is 1. The van der Waals surface area contributed by atoms with Crippen LogP contribution in [0.5, 0.6) is 0 Å². The van der Waals surface area contributed by atoms with Crippen LogP contribution in [-0.2, 0) is 14.8 Å². The summed E-state index contributed by atoms with van der Waals surface area (Å²) in [7, 11) is -3.69. The van der Waals surface area contributed by atoms with Gasteiger partial charge in [-0.2, -0.15) is 0 Å². The Morgan fingerprint density at radius 2 is 1.86 bits per heavy atom. The topological polar surface area (TPSA) is 66.5 Å². The minimum absolute atomic E-state index is 0.119. The summed E-state index contributed by atoms with van der Waals surface area (Å²) in [6.45, 7) is 2.15. The SMILES string of the molecule is CCCCNC(=O)CN(c1c(Cl)cccc1Cl)S(C)(=O)=O. The number of nitrogens with zero attached hydrogens (tertiary/aromatic N) is 1. The number of amides is 1. The molecule has 0 bridgehead atoms. The van der Waals surface area contributed by atoms with Gasteiger partial charge in [-0.1, -0.05) is 42.6 Å². The van der Waals surface area contributed by atoms with Crippen LogP contribution < -0.4 is 9.62 Å². The first kappa shape index (κ1) is 18.1. The summed E-state index contributed by atoms with van der Waals surface area (Å²) in [5.41, 5.74) is 0.119. The first-order valence-corrected chi connectivity index (χ1v) is 9.06. The van der Waals surface area contributed by atoms with Crippen molar-refractivity contribution in [3.8, 4) is 0 Å². The Morgan fingerprint density at radius 3 is 2.33 bits per heavy atom. The molecule has 1 amide bonds.